The van der Waals surface area contributed by atoms with Gasteiger partial charge < -0.3 is 19.5 Å². The first-order chi connectivity index (χ1) is 14.5. The van der Waals surface area contributed by atoms with Crippen LogP contribution in [-0.2, 0) is 4.74 Å². The fraction of sp³-hybridized carbons (Fsp3) is 0.565. The number of halogens is 1. The first kappa shape index (κ1) is 20.8. The summed E-state index contributed by atoms with van der Waals surface area (Å²) in [6.07, 6.45) is 8.08. The monoisotopic (exact) mass is 415 g/mol. The molecule has 0 radical (unpaired) electrons. The van der Waals surface area contributed by atoms with Crippen LogP contribution in [0.3, 0.4) is 0 Å². The predicted octanol–water partition coefficient (Wildman–Crippen LogP) is 3.94. The average molecular weight is 416 g/mol. The topological polar surface area (TPSA) is 63.6 Å². The van der Waals surface area contributed by atoms with Crippen molar-refractivity contribution in [2.24, 2.45) is 0 Å². The van der Waals surface area contributed by atoms with Crippen molar-refractivity contribution >= 4 is 22.6 Å². The Morgan fingerprint density at radius 2 is 2.00 bits per heavy atom. The Labute approximate surface area is 176 Å². The molecule has 1 unspecified atom stereocenters. The fourth-order valence-corrected chi connectivity index (χ4v) is 4.74. The van der Waals surface area contributed by atoms with E-state index in [0.717, 1.165) is 45.2 Å². The van der Waals surface area contributed by atoms with E-state index < -0.39 is 17.2 Å². The van der Waals surface area contributed by atoms with E-state index in [9.17, 15) is 14.0 Å². The molecule has 1 saturated heterocycles. The number of fused-ring (bicyclic) bond motifs is 1. The minimum absolute atomic E-state index is 0.0358. The van der Waals surface area contributed by atoms with Crippen molar-refractivity contribution in [1.29, 1.82) is 0 Å². The molecular weight excluding hydrogens is 385 g/mol. The number of carbonyl (C=O) groups excluding carboxylic acids is 1. The Kier molecular flexibility index (Phi) is 6.09. The van der Waals surface area contributed by atoms with Crippen molar-refractivity contribution in [3.8, 4) is 0 Å². The number of esters is 1. The lowest BCUT2D eigenvalue weighted by Crippen LogP contribution is -2.25. The minimum atomic E-state index is -0.658. The number of nitrogens with zero attached hydrogens (tertiary/aromatic N) is 2. The SMILES string of the molecule is CCOC(=O)c1cn(C2CCN(C)C2)c2cc(NC3CCCCC3)c(F)cc2c1=O. The first-order valence-corrected chi connectivity index (χ1v) is 11.0. The summed E-state index contributed by atoms with van der Waals surface area (Å²) >= 11 is 0. The number of hydrogen-bond acceptors (Lipinski definition) is 5. The number of rotatable bonds is 5. The molecule has 2 aromatic rings. The van der Waals surface area contributed by atoms with E-state index in [4.69, 9.17) is 4.74 Å². The molecule has 2 heterocycles. The Bertz CT molecular complexity index is 997. The predicted molar refractivity (Wildman–Crippen MR) is 116 cm³/mol. The maximum Gasteiger partial charge on any atom is 0.343 e. The van der Waals surface area contributed by atoms with Gasteiger partial charge in [0.1, 0.15) is 11.4 Å². The molecular formula is C23H30FN3O3. The second-order valence-corrected chi connectivity index (χ2v) is 8.53. The van der Waals surface area contributed by atoms with Gasteiger partial charge in [0.2, 0.25) is 5.43 Å². The van der Waals surface area contributed by atoms with Crippen molar-refractivity contribution < 1.29 is 13.9 Å². The summed E-state index contributed by atoms with van der Waals surface area (Å²) in [6, 6.07) is 3.39. The third-order valence-electron chi connectivity index (χ3n) is 6.34. The van der Waals surface area contributed by atoms with Gasteiger partial charge in [-0.3, -0.25) is 4.79 Å². The van der Waals surface area contributed by atoms with Crippen molar-refractivity contribution in [2.45, 2.75) is 57.5 Å². The molecule has 1 saturated carbocycles. The van der Waals surface area contributed by atoms with Gasteiger partial charge in [-0.2, -0.15) is 0 Å². The number of pyridine rings is 1. The van der Waals surface area contributed by atoms with Gasteiger partial charge in [0.05, 0.1) is 17.8 Å². The van der Waals surface area contributed by atoms with Crippen LogP contribution in [0.25, 0.3) is 10.9 Å². The molecule has 4 rings (SSSR count). The largest absolute Gasteiger partial charge is 0.462 e. The lowest BCUT2D eigenvalue weighted by Gasteiger charge is -2.25. The number of hydrogen-bond donors (Lipinski definition) is 1. The number of carbonyl (C=O) groups is 1. The molecule has 2 aliphatic rings. The molecule has 1 N–H and O–H groups in total. The van der Waals surface area contributed by atoms with Crippen molar-refractivity contribution in [2.75, 3.05) is 32.1 Å². The molecule has 7 heteroatoms. The summed E-state index contributed by atoms with van der Waals surface area (Å²) in [4.78, 5) is 27.6. The highest BCUT2D eigenvalue weighted by Crippen LogP contribution is 2.30. The van der Waals surface area contributed by atoms with Crippen LogP contribution in [-0.4, -0.2) is 48.2 Å². The normalized spacial score (nSPS) is 20.6. The molecule has 0 bridgehead atoms. The van der Waals surface area contributed by atoms with E-state index in [-0.39, 0.29) is 29.6 Å². The summed E-state index contributed by atoms with van der Waals surface area (Å²) < 4.78 is 22.0. The third-order valence-corrected chi connectivity index (χ3v) is 6.34. The van der Waals surface area contributed by atoms with E-state index in [1.165, 1.54) is 12.5 Å². The molecule has 1 aromatic heterocycles. The summed E-state index contributed by atoms with van der Waals surface area (Å²) in [5, 5.41) is 3.58. The minimum Gasteiger partial charge on any atom is -0.462 e. The van der Waals surface area contributed by atoms with Gasteiger partial charge in [0, 0.05) is 30.2 Å². The lowest BCUT2D eigenvalue weighted by atomic mass is 9.95. The Hall–Kier alpha value is -2.41. The zero-order valence-electron chi connectivity index (χ0n) is 17.7. The lowest BCUT2D eigenvalue weighted by molar-refractivity contribution is 0.0524. The van der Waals surface area contributed by atoms with Crippen LogP contribution in [0.4, 0.5) is 10.1 Å². The van der Waals surface area contributed by atoms with Crippen LogP contribution >= 0.6 is 0 Å². The summed E-state index contributed by atoms with van der Waals surface area (Å²) in [5.74, 6) is -1.12. The number of benzene rings is 1. The van der Waals surface area contributed by atoms with E-state index in [0.29, 0.717) is 11.2 Å². The number of nitrogens with one attached hydrogen (secondary N) is 1. The van der Waals surface area contributed by atoms with Crippen molar-refractivity contribution in [3.63, 3.8) is 0 Å². The number of anilines is 1. The molecule has 1 atom stereocenters. The number of likely N-dealkylation sites (tertiary alicyclic amines) is 1. The van der Waals surface area contributed by atoms with Crippen LogP contribution in [0.15, 0.2) is 23.1 Å². The van der Waals surface area contributed by atoms with Gasteiger partial charge in [0.15, 0.2) is 0 Å². The molecule has 0 spiro atoms. The van der Waals surface area contributed by atoms with Crippen LogP contribution in [0, 0.1) is 5.82 Å². The van der Waals surface area contributed by atoms with Gasteiger partial charge >= 0.3 is 5.97 Å². The standard InChI is InChI=1S/C23H30FN3O3/c1-3-30-23(29)18-14-27(16-9-10-26(2)13-16)21-12-20(19(24)11-17(21)22(18)28)25-15-7-5-4-6-8-15/h11-12,14-16,25H,3-10,13H2,1-2H3. The van der Waals surface area contributed by atoms with Crippen LogP contribution in [0.1, 0.15) is 61.8 Å². The maximum atomic E-state index is 15.0. The quantitative estimate of drug-likeness (QED) is 0.750. The van der Waals surface area contributed by atoms with Gasteiger partial charge in [-0.05, 0) is 51.9 Å². The second-order valence-electron chi connectivity index (χ2n) is 8.53. The summed E-state index contributed by atoms with van der Waals surface area (Å²) in [7, 11) is 2.05. The highest BCUT2D eigenvalue weighted by molar-refractivity contribution is 5.94. The number of likely N-dealkylation sites (N-methyl/N-ethyl adjacent to an activating group) is 1. The number of ether oxygens (including phenoxy) is 1. The Balaban J connectivity index is 1.83. The van der Waals surface area contributed by atoms with E-state index in [2.05, 4.69) is 10.2 Å². The van der Waals surface area contributed by atoms with Gasteiger partial charge in [-0.1, -0.05) is 19.3 Å². The second kappa shape index (κ2) is 8.76. The molecule has 1 aliphatic heterocycles. The smallest absolute Gasteiger partial charge is 0.343 e. The maximum absolute atomic E-state index is 15.0. The Morgan fingerprint density at radius 3 is 2.67 bits per heavy atom. The van der Waals surface area contributed by atoms with Crippen LogP contribution < -0.4 is 10.7 Å². The third kappa shape index (κ3) is 4.08. The van der Waals surface area contributed by atoms with Crippen LogP contribution in [0.2, 0.25) is 0 Å². The fourth-order valence-electron chi connectivity index (χ4n) is 4.74. The molecule has 6 nitrogen and oxygen atoms in total. The van der Waals surface area contributed by atoms with Crippen molar-refractivity contribution in [3.05, 3.63) is 39.9 Å². The molecule has 0 amide bonds. The molecule has 2 fully saturated rings. The Morgan fingerprint density at radius 1 is 1.23 bits per heavy atom. The van der Waals surface area contributed by atoms with E-state index >= 15 is 0 Å². The molecule has 1 aliphatic carbocycles. The van der Waals surface area contributed by atoms with Crippen LogP contribution in [0.5, 0.6) is 0 Å². The van der Waals surface area contributed by atoms with Crippen molar-refractivity contribution in [1.82, 2.24) is 9.47 Å². The zero-order valence-corrected chi connectivity index (χ0v) is 17.7. The highest BCUT2D eigenvalue weighted by Gasteiger charge is 2.26. The number of aromatic nitrogens is 1. The average Bonchev–Trinajstić information content (AvgIpc) is 3.16. The zero-order chi connectivity index (χ0) is 21.3. The van der Waals surface area contributed by atoms with Gasteiger partial charge in [-0.25, -0.2) is 9.18 Å². The first-order valence-electron chi connectivity index (χ1n) is 11.0. The molecule has 1 aromatic carbocycles. The van der Waals surface area contributed by atoms with E-state index in [1.807, 2.05) is 11.6 Å². The summed E-state index contributed by atoms with van der Waals surface area (Å²) in [6.45, 7) is 3.62. The van der Waals surface area contributed by atoms with Gasteiger partial charge in [0.25, 0.3) is 0 Å². The highest BCUT2D eigenvalue weighted by atomic mass is 19.1. The molecule has 162 valence electrons. The molecule has 30 heavy (non-hydrogen) atoms. The van der Waals surface area contributed by atoms with Gasteiger partial charge in [-0.15, -0.1) is 0 Å². The summed E-state index contributed by atoms with van der Waals surface area (Å²) in [5.41, 5.74) is 0.575. The van der Waals surface area contributed by atoms with E-state index in [1.54, 1.807) is 19.2 Å².